The van der Waals surface area contributed by atoms with Crippen molar-refractivity contribution in [2.24, 2.45) is 0 Å². The summed E-state index contributed by atoms with van der Waals surface area (Å²) in [6, 6.07) is 4.97. The average Bonchev–Trinajstić information content (AvgIpc) is 2.93. The van der Waals surface area contributed by atoms with E-state index < -0.39 is 5.60 Å². The smallest absolute Gasteiger partial charge is 0.146 e. The fourth-order valence-corrected chi connectivity index (χ4v) is 2.27. The molecule has 15 heavy (non-hydrogen) atoms. The van der Waals surface area contributed by atoms with Gasteiger partial charge in [-0.3, -0.25) is 0 Å². The molecule has 0 aliphatic carbocycles. The quantitative estimate of drug-likeness (QED) is 0.799. The Morgan fingerprint density at radius 3 is 2.53 bits per heavy atom. The number of halogens is 2. The Hall–Kier alpha value is -0.320. The molecule has 1 aromatic rings. The van der Waals surface area contributed by atoms with Crippen LogP contribution in [0.3, 0.4) is 0 Å². The standard InChI is InChI=1S/C10H10Cl2O3/c11-6-1-2-7(8(12)3-6)10(5-14)9(4-13)15-10/h1-3,9,13-14H,4-5H2/t9-,10+/m1/s1. The van der Waals surface area contributed by atoms with Gasteiger partial charge in [0.1, 0.15) is 11.7 Å². The van der Waals surface area contributed by atoms with Crippen LogP contribution in [0.5, 0.6) is 0 Å². The molecule has 1 aliphatic heterocycles. The Bertz CT molecular complexity index is 383. The second kappa shape index (κ2) is 3.92. The molecule has 0 bridgehead atoms. The number of hydrogen-bond acceptors (Lipinski definition) is 3. The predicted molar refractivity (Wildman–Crippen MR) is 57.2 cm³/mol. The van der Waals surface area contributed by atoms with Gasteiger partial charge in [0.15, 0.2) is 0 Å². The largest absolute Gasteiger partial charge is 0.394 e. The molecule has 3 nitrogen and oxygen atoms in total. The summed E-state index contributed by atoms with van der Waals surface area (Å²) in [6.45, 7) is -0.348. The first-order valence-corrected chi connectivity index (χ1v) is 5.24. The predicted octanol–water partition coefficient (Wildman–Crippen LogP) is 1.57. The Balaban J connectivity index is 2.37. The van der Waals surface area contributed by atoms with Crippen LogP contribution in [0.4, 0.5) is 0 Å². The Morgan fingerprint density at radius 1 is 1.33 bits per heavy atom. The van der Waals surface area contributed by atoms with E-state index in [1.165, 1.54) is 0 Å². The van der Waals surface area contributed by atoms with Crippen molar-refractivity contribution < 1.29 is 14.9 Å². The molecule has 0 spiro atoms. The van der Waals surface area contributed by atoms with Gasteiger partial charge in [-0.15, -0.1) is 0 Å². The summed E-state index contributed by atoms with van der Waals surface area (Å²) >= 11 is 11.8. The van der Waals surface area contributed by atoms with Gasteiger partial charge >= 0.3 is 0 Å². The van der Waals surface area contributed by atoms with E-state index in [0.717, 1.165) is 0 Å². The van der Waals surface area contributed by atoms with Crippen LogP contribution in [0.1, 0.15) is 5.56 Å². The molecule has 0 radical (unpaired) electrons. The molecule has 1 saturated heterocycles. The molecule has 1 aliphatic rings. The van der Waals surface area contributed by atoms with Crippen LogP contribution in [0.15, 0.2) is 18.2 Å². The van der Waals surface area contributed by atoms with Gasteiger partial charge in [-0.1, -0.05) is 29.3 Å². The molecule has 82 valence electrons. The third kappa shape index (κ3) is 1.75. The van der Waals surface area contributed by atoms with Crippen molar-refractivity contribution in [1.29, 1.82) is 0 Å². The summed E-state index contributed by atoms with van der Waals surface area (Å²) in [4.78, 5) is 0. The molecule has 1 aromatic carbocycles. The van der Waals surface area contributed by atoms with Crippen molar-refractivity contribution in [1.82, 2.24) is 0 Å². The van der Waals surface area contributed by atoms with E-state index >= 15 is 0 Å². The molecule has 5 heteroatoms. The van der Waals surface area contributed by atoms with Crippen molar-refractivity contribution in [3.63, 3.8) is 0 Å². The zero-order valence-electron chi connectivity index (χ0n) is 7.78. The number of ether oxygens (including phenoxy) is 1. The summed E-state index contributed by atoms with van der Waals surface area (Å²) in [5, 5.41) is 19.2. The van der Waals surface area contributed by atoms with Crippen molar-refractivity contribution in [2.45, 2.75) is 11.7 Å². The van der Waals surface area contributed by atoms with Crippen molar-refractivity contribution in [3.8, 4) is 0 Å². The molecule has 0 saturated carbocycles. The van der Waals surface area contributed by atoms with Crippen LogP contribution in [0, 0.1) is 0 Å². The number of aliphatic hydroxyl groups is 2. The van der Waals surface area contributed by atoms with E-state index in [1.54, 1.807) is 18.2 Å². The Labute approximate surface area is 97.2 Å². The second-order valence-electron chi connectivity index (χ2n) is 3.46. The van der Waals surface area contributed by atoms with Gasteiger partial charge in [0.25, 0.3) is 0 Å². The molecule has 0 unspecified atom stereocenters. The van der Waals surface area contributed by atoms with Crippen LogP contribution >= 0.6 is 23.2 Å². The lowest BCUT2D eigenvalue weighted by Crippen LogP contribution is -2.20. The normalized spacial score (nSPS) is 29.2. The summed E-state index contributed by atoms with van der Waals surface area (Å²) in [5.41, 5.74) is -0.189. The highest BCUT2D eigenvalue weighted by Crippen LogP contribution is 2.48. The SMILES string of the molecule is OC[C@H]1O[C@@]1(CO)c1ccc(Cl)cc1Cl. The summed E-state index contributed by atoms with van der Waals surface area (Å²) in [7, 11) is 0. The first-order chi connectivity index (χ1) is 7.14. The summed E-state index contributed by atoms with van der Waals surface area (Å²) < 4.78 is 5.28. The third-order valence-corrected chi connectivity index (χ3v) is 3.15. The summed E-state index contributed by atoms with van der Waals surface area (Å²) in [6.07, 6.45) is -0.388. The molecule has 2 atom stereocenters. The van der Waals surface area contributed by atoms with Gasteiger partial charge in [-0.25, -0.2) is 0 Å². The van der Waals surface area contributed by atoms with Crippen LogP contribution in [-0.2, 0) is 10.3 Å². The van der Waals surface area contributed by atoms with E-state index in [4.69, 9.17) is 33.0 Å². The average molecular weight is 249 g/mol. The van der Waals surface area contributed by atoms with Crippen LogP contribution in [-0.4, -0.2) is 29.5 Å². The zero-order chi connectivity index (χ0) is 11.1. The van der Waals surface area contributed by atoms with Crippen molar-refractivity contribution >= 4 is 23.2 Å². The summed E-state index contributed by atoms with van der Waals surface area (Å²) in [5.74, 6) is 0. The van der Waals surface area contributed by atoms with E-state index in [0.29, 0.717) is 15.6 Å². The van der Waals surface area contributed by atoms with Gasteiger partial charge in [0.05, 0.1) is 13.2 Å². The minimum absolute atomic E-state index is 0.139. The van der Waals surface area contributed by atoms with E-state index in [9.17, 15) is 5.11 Å². The van der Waals surface area contributed by atoms with E-state index in [-0.39, 0.29) is 19.3 Å². The highest BCUT2D eigenvalue weighted by molar-refractivity contribution is 6.35. The number of aliphatic hydroxyl groups excluding tert-OH is 2. The second-order valence-corrected chi connectivity index (χ2v) is 4.30. The first-order valence-electron chi connectivity index (χ1n) is 4.49. The molecule has 1 fully saturated rings. The van der Waals surface area contributed by atoms with Gasteiger partial charge in [-0.2, -0.15) is 0 Å². The maximum Gasteiger partial charge on any atom is 0.146 e. The highest BCUT2D eigenvalue weighted by atomic mass is 35.5. The van der Waals surface area contributed by atoms with Gasteiger partial charge in [0, 0.05) is 15.6 Å². The van der Waals surface area contributed by atoms with E-state index in [2.05, 4.69) is 0 Å². The fourth-order valence-electron chi connectivity index (χ4n) is 1.70. The third-order valence-electron chi connectivity index (χ3n) is 2.60. The van der Waals surface area contributed by atoms with E-state index in [1.807, 2.05) is 0 Å². The fraction of sp³-hybridized carbons (Fsp3) is 0.400. The number of benzene rings is 1. The molecule has 2 N–H and O–H groups in total. The number of rotatable bonds is 3. The highest BCUT2D eigenvalue weighted by Gasteiger charge is 2.58. The maximum atomic E-state index is 9.28. The molecular weight excluding hydrogens is 239 g/mol. The maximum absolute atomic E-state index is 9.28. The number of hydrogen-bond donors (Lipinski definition) is 2. The lowest BCUT2D eigenvalue weighted by Gasteiger charge is -2.11. The molecular formula is C10H10Cl2O3. The lowest BCUT2D eigenvalue weighted by atomic mass is 9.96. The van der Waals surface area contributed by atoms with Crippen LogP contribution in [0.2, 0.25) is 10.0 Å². The zero-order valence-corrected chi connectivity index (χ0v) is 9.29. The van der Waals surface area contributed by atoms with Crippen molar-refractivity contribution in [2.75, 3.05) is 13.2 Å². The van der Waals surface area contributed by atoms with Crippen molar-refractivity contribution in [3.05, 3.63) is 33.8 Å². The molecule has 1 heterocycles. The molecule has 2 rings (SSSR count). The Morgan fingerprint density at radius 2 is 2.07 bits per heavy atom. The van der Waals surface area contributed by atoms with Crippen LogP contribution in [0.25, 0.3) is 0 Å². The minimum Gasteiger partial charge on any atom is -0.394 e. The van der Waals surface area contributed by atoms with Gasteiger partial charge in [0.2, 0.25) is 0 Å². The number of epoxide rings is 1. The lowest BCUT2D eigenvalue weighted by molar-refractivity contribution is 0.171. The Kier molecular flexibility index (Phi) is 2.92. The van der Waals surface area contributed by atoms with Gasteiger partial charge in [-0.05, 0) is 12.1 Å². The molecule has 0 amide bonds. The topological polar surface area (TPSA) is 53.0 Å². The minimum atomic E-state index is -0.851. The monoisotopic (exact) mass is 248 g/mol. The molecule has 0 aromatic heterocycles. The van der Waals surface area contributed by atoms with Crippen LogP contribution < -0.4 is 0 Å². The first kappa shape index (κ1) is 11.2. The van der Waals surface area contributed by atoms with Gasteiger partial charge < -0.3 is 14.9 Å².